The van der Waals surface area contributed by atoms with Crippen LogP contribution in [-0.4, -0.2) is 123 Å². The van der Waals surface area contributed by atoms with Gasteiger partial charge < -0.3 is 64.2 Å². The number of carbonyl (C=O) groups excluding carboxylic acids is 1. The lowest BCUT2D eigenvalue weighted by Gasteiger charge is -2.42. The number of hydrogen-bond donors (Lipinski definition) is 7. The van der Waals surface area contributed by atoms with E-state index in [1.807, 2.05) is 31.2 Å². The third kappa shape index (κ3) is 6.35. The molecule has 14 nitrogen and oxygen atoms in total. The Labute approximate surface area is 246 Å². The van der Waals surface area contributed by atoms with Gasteiger partial charge in [0.1, 0.15) is 77.7 Å². The minimum absolute atomic E-state index is 0.00370. The molecule has 11 atom stereocenters. The number of aryl methyl sites for hydroxylation is 1. The molecule has 0 radical (unpaired) electrons. The number of Topliss-reactive ketones (excluding diaryl/α,β-unsaturated/α-hetero) is 1. The van der Waals surface area contributed by atoms with Crippen LogP contribution in [0.5, 0.6) is 17.2 Å². The van der Waals surface area contributed by atoms with Crippen LogP contribution in [0.1, 0.15) is 34.0 Å². The van der Waals surface area contributed by atoms with Crippen molar-refractivity contribution < 1.29 is 69.0 Å². The minimum atomic E-state index is -1.78. The van der Waals surface area contributed by atoms with Gasteiger partial charge in [-0.25, -0.2) is 0 Å². The first-order valence-corrected chi connectivity index (χ1v) is 13.8. The Morgan fingerprint density at radius 2 is 1.47 bits per heavy atom. The summed E-state index contributed by atoms with van der Waals surface area (Å²) in [5.74, 6) is 0.102. The Bertz CT molecular complexity index is 1270. The lowest BCUT2D eigenvalue weighted by atomic mass is 9.95. The number of carbonyl (C=O) groups is 1. The lowest BCUT2D eigenvalue weighted by molar-refractivity contribution is -0.323. The number of aliphatic hydroxyl groups is 7. The molecule has 43 heavy (non-hydrogen) atoms. The summed E-state index contributed by atoms with van der Waals surface area (Å²) in [6.45, 7) is 0.738. The van der Waals surface area contributed by atoms with Gasteiger partial charge in [0.05, 0.1) is 26.7 Å². The fourth-order valence-corrected chi connectivity index (χ4v) is 5.25. The number of benzene rings is 2. The van der Waals surface area contributed by atoms with E-state index in [0.29, 0.717) is 0 Å². The summed E-state index contributed by atoms with van der Waals surface area (Å²) in [5, 5.41) is 71.4. The second-order valence-electron chi connectivity index (χ2n) is 10.8. The molecule has 2 aromatic rings. The van der Waals surface area contributed by atoms with Gasteiger partial charge in [0, 0.05) is 12.1 Å². The van der Waals surface area contributed by atoms with Gasteiger partial charge >= 0.3 is 0 Å². The van der Waals surface area contributed by atoms with Gasteiger partial charge in [0.15, 0.2) is 12.1 Å². The zero-order valence-electron chi connectivity index (χ0n) is 23.4. The molecule has 7 N–H and O–H groups in total. The second kappa shape index (κ2) is 13.0. The van der Waals surface area contributed by atoms with E-state index in [2.05, 4.69) is 0 Å². The molecule has 2 fully saturated rings. The van der Waals surface area contributed by atoms with E-state index in [0.717, 1.165) is 11.1 Å². The van der Waals surface area contributed by atoms with Crippen molar-refractivity contribution in [1.82, 2.24) is 0 Å². The zero-order chi connectivity index (χ0) is 31.0. The number of rotatable bonds is 8. The highest BCUT2D eigenvalue weighted by Crippen LogP contribution is 2.43. The highest BCUT2D eigenvalue weighted by atomic mass is 16.7. The number of ketones is 1. The summed E-state index contributed by atoms with van der Waals surface area (Å²) < 4.78 is 33.9. The molecule has 0 aliphatic carbocycles. The summed E-state index contributed by atoms with van der Waals surface area (Å²) in [6, 6.07) is 10.5. The molecule has 0 spiro atoms. The van der Waals surface area contributed by atoms with Crippen molar-refractivity contribution in [2.45, 2.75) is 80.9 Å². The Kier molecular flexibility index (Phi) is 9.53. The second-order valence-corrected chi connectivity index (χ2v) is 10.8. The first-order chi connectivity index (χ1) is 20.5. The van der Waals surface area contributed by atoms with Crippen molar-refractivity contribution >= 4 is 5.78 Å². The fraction of sp³-hybridized carbons (Fsp3) is 0.552. The van der Waals surface area contributed by atoms with Crippen LogP contribution < -0.4 is 14.2 Å². The maximum absolute atomic E-state index is 13.4. The Hall–Kier alpha value is -2.89. The molecule has 236 valence electrons. The molecule has 5 rings (SSSR count). The van der Waals surface area contributed by atoms with E-state index in [-0.39, 0.29) is 35.0 Å². The molecule has 3 aliphatic rings. The SMILES string of the molecule is COc1cc2c(c(OC3OC(COC4OC(CO)C(O)C(O)C4O)C(O)C(O)C3O)c1)C(=O)CC(c1ccc(C)cc1)O2. The van der Waals surface area contributed by atoms with Crippen LogP contribution in [0.2, 0.25) is 0 Å². The monoisotopic (exact) mass is 608 g/mol. The van der Waals surface area contributed by atoms with Crippen LogP contribution in [-0.2, 0) is 14.2 Å². The van der Waals surface area contributed by atoms with E-state index in [9.17, 15) is 40.5 Å². The molecular weight excluding hydrogens is 572 g/mol. The van der Waals surface area contributed by atoms with Gasteiger partial charge in [-0.05, 0) is 12.5 Å². The van der Waals surface area contributed by atoms with Crippen LogP contribution in [0.3, 0.4) is 0 Å². The van der Waals surface area contributed by atoms with Crippen molar-refractivity contribution in [2.75, 3.05) is 20.3 Å². The third-order valence-electron chi connectivity index (χ3n) is 7.83. The molecule has 0 aromatic heterocycles. The summed E-state index contributed by atoms with van der Waals surface area (Å²) in [5.41, 5.74) is 1.94. The van der Waals surface area contributed by atoms with Crippen LogP contribution in [0, 0.1) is 6.92 Å². The van der Waals surface area contributed by atoms with Gasteiger partial charge in [-0.15, -0.1) is 0 Å². The van der Waals surface area contributed by atoms with Crippen LogP contribution in [0.25, 0.3) is 0 Å². The highest BCUT2D eigenvalue weighted by molar-refractivity contribution is 6.02. The number of ether oxygens (including phenoxy) is 6. The number of hydrogen-bond acceptors (Lipinski definition) is 14. The Morgan fingerprint density at radius 3 is 2.12 bits per heavy atom. The molecule has 3 heterocycles. The highest BCUT2D eigenvalue weighted by Gasteiger charge is 2.48. The average molecular weight is 609 g/mol. The number of fused-ring (bicyclic) bond motifs is 1. The summed E-state index contributed by atoms with van der Waals surface area (Å²) in [7, 11) is 1.41. The molecule has 11 unspecified atom stereocenters. The summed E-state index contributed by atoms with van der Waals surface area (Å²) in [4.78, 5) is 13.4. The third-order valence-corrected chi connectivity index (χ3v) is 7.83. The molecule has 3 aliphatic heterocycles. The maximum atomic E-state index is 13.4. The van der Waals surface area contributed by atoms with Crippen molar-refractivity contribution in [1.29, 1.82) is 0 Å². The maximum Gasteiger partial charge on any atom is 0.229 e. The first-order valence-electron chi connectivity index (χ1n) is 13.8. The van der Waals surface area contributed by atoms with Crippen molar-refractivity contribution in [2.24, 2.45) is 0 Å². The Morgan fingerprint density at radius 1 is 0.837 bits per heavy atom. The van der Waals surface area contributed by atoms with Crippen molar-refractivity contribution in [3.63, 3.8) is 0 Å². The normalized spacial score (nSPS) is 36.0. The van der Waals surface area contributed by atoms with E-state index in [1.165, 1.54) is 19.2 Å². The number of methoxy groups -OCH3 is 1. The summed E-state index contributed by atoms with van der Waals surface area (Å²) >= 11 is 0. The van der Waals surface area contributed by atoms with Gasteiger partial charge in [-0.1, -0.05) is 29.8 Å². The molecule has 0 bridgehead atoms. The predicted octanol–water partition coefficient (Wildman–Crippen LogP) is -1.29. The topological polar surface area (TPSA) is 214 Å². The van der Waals surface area contributed by atoms with Crippen LogP contribution in [0.4, 0.5) is 0 Å². The zero-order valence-corrected chi connectivity index (χ0v) is 23.4. The smallest absolute Gasteiger partial charge is 0.229 e. The fourth-order valence-electron chi connectivity index (χ4n) is 5.25. The van der Waals surface area contributed by atoms with E-state index < -0.39 is 80.7 Å². The summed E-state index contributed by atoms with van der Waals surface area (Å²) in [6.07, 6.45) is -16.5. The van der Waals surface area contributed by atoms with E-state index in [1.54, 1.807) is 0 Å². The van der Waals surface area contributed by atoms with Crippen LogP contribution >= 0.6 is 0 Å². The molecule has 0 amide bonds. The van der Waals surface area contributed by atoms with Gasteiger partial charge in [0.25, 0.3) is 0 Å². The number of aliphatic hydroxyl groups excluding tert-OH is 7. The average Bonchev–Trinajstić information content (AvgIpc) is 3.00. The molecule has 0 saturated carbocycles. The quantitative estimate of drug-likeness (QED) is 0.186. The standard InChI is InChI=1S/C29H36O14/c1-12-3-5-13(6-4-12)16-9-15(31)21-17(40-16)7-14(38-2)8-18(21)41-29-27(37)25(35)23(33)20(43-29)11-39-28-26(36)24(34)22(32)19(10-30)42-28/h3-8,16,19-20,22-30,32-37H,9-11H2,1-2H3. The van der Waals surface area contributed by atoms with Crippen molar-refractivity contribution in [3.8, 4) is 17.2 Å². The molecular formula is C29H36O14. The lowest BCUT2D eigenvalue weighted by Crippen LogP contribution is -2.62. The molecule has 2 aromatic carbocycles. The minimum Gasteiger partial charge on any atom is -0.496 e. The van der Waals surface area contributed by atoms with Crippen LogP contribution in [0.15, 0.2) is 36.4 Å². The first kappa shape index (κ1) is 31.5. The largest absolute Gasteiger partial charge is 0.496 e. The predicted molar refractivity (Wildman–Crippen MR) is 144 cm³/mol. The van der Waals surface area contributed by atoms with Gasteiger partial charge in [-0.3, -0.25) is 4.79 Å². The van der Waals surface area contributed by atoms with Crippen molar-refractivity contribution in [3.05, 3.63) is 53.1 Å². The Balaban J connectivity index is 1.34. The van der Waals surface area contributed by atoms with Gasteiger partial charge in [0.2, 0.25) is 6.29 Å². The van der Waals surface area contributed by atoms with E-state index in [4.69, 9.17) is 28.4 Å². The molecule has 2 saturated heterocycles. The van der Waals surface area contributed by atoms with E-state index >= 15 is 0 Å². The molecule has 14 heteroatoms. The van der Waals surface area contributed by atoms with Gasteiger partial charge in [-0.2, -0.15) is 0 Å².